The zero-order valence-electron chi connectivity index (χ0n) is 17.0. The number of nitriles is 1. The Bertz CT molecular complexity index is 794. The lowest BCUT2D eigenvalue weighted by atomic mass is 9.48. The van der Waals surface area contributed by atoms with Crippen LogP contribution in [0, 0.1) is 45.8 Å². The van der Waals surface area contributed by atoms with Crippen molar-refractivity contribution in [2.75, 3.05) is 0 Å². The molecule has 5 aliphatic rings. The van der Waals surface area contributed by atoms with Crippen molar-refractivity contribution in [2.45, 2.75) is 76.8 Å². The fourth-order valence-electron chi connectivity index (χ4n) is 7.48. The first kappa shape index (κ1) is 18.2. The van der Waals surface area contributed by atoms with E-state index in [1.165, 1.54) is 0 Å². The summed E-state index contributed by atoms with van der Waals surface area (Å²) < 4.78 is 0. The van der Waals surface area contributed by atoms with Gasteiger partial charge in [-0.1, -0.05) is 19.9 Å². The largest absolute Gasteiger partial charge is 0.349 e. The molecule has 0 bridgehead atoms. The smallest absolute Gasteiger partial charge is 0.243 e. The van der Waals surface area contributed by atoms with Crippen molar-refractivity contribution in [2.24, 2.45) is 34.5 Å². The van der Waals surface area contributed by atoms with Crippen LogP contribution in [0.25, 0.3) is 0 Å². The maximum atomic E-state index is 13.1. The van der Waals surface area contributed by atoms with Crippen LogP contribution in [0.5, 0.6) is 0 Å². The minimum Gasteiger partial charge on any atom is -0.349 e. The maximum Gasteiger partial charge on any atom is 0.243 e. The van der Waals surface area contributed by atoms with E-state index in [1.54, 1.807) is 6.08 Å². The summed E-state index contributed by atoms with van der Waals surface area (Å²) in [5.74, 6) is 1.98. The van der Waals surface area contributed by atoms with E-state index in [4.69, 9.17) is 0 Å². The van der Waals surface area contributed by atoms with Gasteiger partial charge in [0.05, 0.1) is 6.07 Å². The van der Waals surface area contributed by atoms with Gasteiger partial charge in [0.2, 0.25) is 11.8 Å². The topological polar surface area (TPSA) is 82.0 Å². The number of rotatable bonds is 2. The molecule has 5 heteroatoms. The van der Waals surface area contributed by atoms with E-state index >= 15 is 0 Å². The summed E-state index contributed by atoms with van der Waals surface area (Å²) in [4.78, 5) is 24.9. The number of hydrogen-bond donors (Lipinski definition) is 2. The predicted octanol–water partition coefficient (Wildman–Crippen LogP) is 3.07. The highest BCUT2D eigenvalue weighted by Crippen LogP contribution is 2.65. The lowest BCUT2D eigenvalue weighted by Gasteiger charge is -2.58. The lowest BCUT2D eigenvalue weighted by molar-refractivity contribution is -0.134. The normalized spacial score (nSPS) is 47.8. The zero-order valence-corrected chi connectivity index (χ0v) is 17.0. The molecule has 2 N–H and O–H groups in total. The van der Waals surface area contributed by atoms with Crippen LogP contribution in [0.3, 0.4) is 0 Å². The number of amides is 2. The second-order valence-corrected chi connectivity index (χ2v) is 10.6. The Hall–Kier alpha value is -1.83. The summed E-state index contributed by atoms with van der Waals surface area (Å²) in [5, 5.41) is 15.7. The third-order valence-corrected chi connectivity index (χ3v) is 9.33. The zero-order chi connectivity index (χ0) is 19.7. The summed E-state index contributed by atoms with van der Waals surface area (Å²) in [6.45, 7) is 4.67. The molecule has 5 rings (SSSR count). The number of nitrogens with zero attached hydrogens (tertiary/aromatic N) is 1. The number of hydrogen-bond acceptors (Lipinski definition) is 3. The van der Waals surface area contributed by atoms with E-state index in [0.717, 1.165) is 51.4 Å². The van der Waals surface area contributed by atoms with Crippen molar-refractivity contribution in [1.29, 1.82) is 5.26 Å². The Morgan fingerprint density at radius 1 is 1.14 bits per heavy atom. The third kappa shape index (κ3) is 2.42. The molecule has 1 aliphatic heterocycles. The second-order valence-electron chi connectivity index (χ2n) is 10.6. The summed E-state index contributed by atoms with van der Waals surface area (Å²) in [7, 11) is 0. The molecule has 2 amide bonds. The van der Waals surface area contributed by atoms with Crippen LogP contribution in [-0.4, -0.2) is 23.4 Å². The molecule has 5 nitrogen and oxygen atoms in total. The molecule has 0 aromatic heterocycles. The number of carbonyl (C=O) groups is 2. The highest BCUT2D eigenvalue weighted by molar-refractivity contribution is 5.89. The van der Waals surface area contributed by atoms with Crippen molar-refractivity contribution in [3.63, 3.8) is 0 Å². The van der Waals surface area contributed by atoms with Crippen molar-refractivity contribution in [3.05, 3.63) is 12.2 Å². The van der Waals surface area contributed by atoms with E-state index in [-0.39, 0.29) is 34.6 Å². The Balaban J connectivity index is 1.38. The SMILES string of the molecule is C[C@]12C=CC(=O)NC1CC[C@@H]1[C@H]2CC[C@]2(C)C(C(=O)NC3(C#N)CC3)CC[C@@H]12. The average Bonchev–Trinajstić information content (AvgIpc) is 3.34. The predicted molar refractivity (Wildman–Crippen MR) is 105 cm³/mol. The van der Waals surface area contributed by atoms with Crippen LogP contribution in [0.2, 0.25) is 0 Å². The van der Waals surface area contributed by atoms with E-state index in [2.05, 4.69) is 36.6 Å². The van der Waals surface area contributed by atoms with Crippen LogP contribution in [0.1, 0.15) is 65.2 Å². The maximum absolute atomic E-state index is 13.1. The van der Waals surface area contributed by atoms with Gasteiger partial charge in [0.15, 0.2) is 0 Å². The molecular formula is C23H31N3O2. The first-order chi connectivity index (χ1) is 13.3. The quantitative estimate of drug-likeness (QED) is 0.771. The molecule has 4 fully saturated rings. The monoisotopic (exact) mass is 381 g/mol. The van der Waals surface area contributed by atoms with Gasteiger partial charge in [-0.15, -0.1) is 0 Å². The highest BCUT2D eigenvalue weighted by atomic mass is 16.2. The van der Waals surface area contributed by atoms with Gasteiger partial charge in [0.25, 0.3) is 0 Å². The summed E-state index contributed by atoms with van der Waals surface area (Å²) in [6, 6.07) is 2.55. The van der Waals surface area contributed by atoms with E-state index in [9.17, 15) is 14.9 Å². The van der Waals surface area contributed by atoms with Gasteiger partial charge in [0.1, 0.15) is 5.54 Å². The third-order valence-electron chi connectivity index (χ3n) is 9.33. The average molecular weight is 382 g/mol. The van der Waals surface area contributed by atoms with Gasteiger partial charge < -0.3 is 10.6 Å². The standard InChI is InChI=1S/C23H31N3O2/c1-21-9-7-16-14(3-6-18-22(16,2)10-8-19(27)25-18)15(21)4-5-17(21)20(28)26-23(13-24)11-12-23/h8,10,14-18H,3-7,9,11-12H2,1-2H3,(H,25,27)(H,26,28)/t14-,15-,16+,17?,18?,21-,22+/m0/s1. The molecule has 150 valence electrons. The molecule has 0 spiro atoms. The first-order valence-electron chi connectivity index (χ1n) is 11.0. The Kier molecular flexibility index (Phi) is 3.80. The van der Waals surface area contributed by atoms with E-state index in [0.29, 0.717) is 17.8 Å². The minimum atomic E-state index is -0.570. The van der Waals surface area contributed by atoms with Gasteiger partial charge >= 0.3 is 0 Å². The van der Waals surface area contributed by atoms with Gasteiger partial charge in [-0.3, -0.25) is 9.59 Å². The van der Waals surface area contributed by atoms with Gasteiger partial charge in [0, 0.05) is 17.4 Å². The molecule has 28 heavy (non-hydrogen) atoms. The van der Waals surface area contributed by atoms with Gasteiger partial charge in [-0.2, -0.15) is 5.26 Å². The molecule has 0 radical (unpaired) electrons. The fraction of sp³-hybridized carbons (Fsp3) is 0.783. The van der Waals surface area contributed by atoms with Crippen LogP contribution in [0.15, 0.2) is 12.2 Å². The van der Waals surface area contributed by atoms with Crippen LogP contribution < -0.4 is 10.6 Å². The summed E-state index contributed by atoms with van der Waals surface area (Å²) >= 11 is 0. The van der Waals surface area contributed by atoms with Crippen molar-refractivity contribution >= 4 is 11.8 Å². The molecule has 2 unspecified atom stereocenters. The van der Waals surface area contributed by atoms with Crippen LogP contribution in [0.4, 0.5) is 0 Å². The van der Waals surface area contributed by atoms with E-state index < -0.39 is 5.54 Å². The molecule has 0 aromatic carbocycles. The van der Waals surface area contributed by atoms with Crippen molar-refractivity contribution in [1.82, 2.24) is 10.6 Å². The number of nitrogens with one attached hydrogen (secondary N) is 2. The number of fused-ring (bicyclic) bond motifs is 5. The molecule has 0 aromatic rings. The second kappa shape index (κ2) is 5.84. The number of carbonyl (C=O) groups excluding carboxylic acids is 2. The summed E-state index contributed by atoms with van der Waals surface area (Å²) in [6.07, 6.45) is 11.9. The molecule has 7 atom stereocenters. The van der Waals surface area contributed by atoms with Crippen LogP contribution >= 0.6 is 0 Å². The summed E-state index contributed by atoms with van der Waals surface area (Å²) in [5.41, 5.74) is -0.488. The van der Waals surface area contributed by atoms with Crippen molar-refractivity contribution in [3.8, 4) is 6.07 Å². The first-order valence-corrected chi connectivity index (χ1v) is 11.0. The molecule has 1 heterocycles. The van der Waals surface area contributed by atoms with Crippen molar-refractivity contribution < 1.29 is 9.59 Å². The molecule has 4 aliphatic carbocycles. The Morgan fingerprint density at radius 2 is 1.93 bits per heavy atom. The molecule has 4 saturated carbocycles. The van der Waals surface area contributed by atoms with Crippen LogP contribution in [-0.2, 0) is 9.59 Å². The molecule has 0 saturated heterocycles. The molecular weight excluding hydrogens is 350 g/mol. The minimum absolute atomic E-state index is 0.0383. The highest BCUT2D eigenvalue weighted by Gasteiger charge is 2.61. The lowest BCUT2D eigenvalue weighted by Crippen LogP contribution is -2.59. The Labute approximate surface area is 167 Å². The van der Waals surface area contributed by atoms with Gasteiger partial charge in [-0.25, -0.2) is 0 Å². The Morgan fingerprint density at radius 3 is 2.64 bits per heavy atom. The fourth-order valence-corrected chi connectivity index (χ4v) is 7.48. The van der Waals surface area contributed by atoms with Gasteiger partial charge in [-0.05, 0) is 80.6 Å². The van der Waals surface area contributed by atoms with E-state index in [1.807, 2.05) is 0 Å².